The van der Waals surface area contributed by atoms with Crippen molar-refractivity contribution < 1.29 is 43.1 Å². The molecule has 3 rings (SSSR count). The largest absolute Gasteiger partial charge is 0.444 e. The van der Waals surface area contributed by atoms with Crippen LogP contribution in [-0.2, 0) is 51.3 Å². The molecule has 1 aromatic carbocycles. The van der Waals surface area contributed by atoms with E-state index in [4.69, 9.17) is 4.74 Å². The second-order valence-corrected chi connectivity index (χ2v) is 13.0. The first-order valence-electron chi connectivity index (χ1n) is 16.4. The van der Waals surface area contributed by atoms with Crippen molar-refractivity contribution in [2.24, 2.45) is 11.8 Å². The Morgan fingerprint density at radius 1 is 0.917 bits per heavy atom. The van der Waals surface area contributed by atoms with Gasteiger partial charge in [0.05, 0.1) is 19.1 Å². The minimum atomic E-state index is -1.24. The number of carbonyl (C=O) groups is 8. The molecule has 0 aliphatic carbocycles. The number of rotatable bonds is 14. The van der Waals surface area contributed by atoms with Crippen LogP contribution >= 0.6 is 0 Å². The van der Waals surface area contributed by atoms with Crippen LogP contribution in [0.3, 0.4) is 0 Å². The molecule has 2 heterocycles. The summed E-state index contributed by atoms with van der Waals surface area (Å²) in [6.07, 6.45) is -0.455. The van der Waals surface area contributed by atoms with Gasteiger partial charge >= 0.3 is 6.09 Å². The molecule has 3 N–H and O–H groups in total. The van der Waals surface area contributed by atoms with Crippen molar-refractivity contribution >= 4 is 47.1 Å². The number of nitrogens with one attached hydrogen (secondary N) is 3. The second kappa shape index (κ2) is 17.0. The van der Waals surface area contributed by atoms with Gasteiger partial charge < -0.3 is 30.5 Å². The van der Waals surface area contributed by atoms with Gasteiger partial charge in [-0.25, -0.2) is 4.79 Å². The average molecular weight is 670 g/mol. The fourth-order valence-corrected chi connectivity index (χ4v) is 5.69. The second-order valence-electron chi connectivity index (χ2n) is 13.0. The summed E-state index contributed by atoms with van der Waals surface area (Å²) in [5, 5.41) is 7.32. The van der Waals surface area contributed by atoms with Crippen molar-refractivity contribution in [2.45, 2.75) is 98.0 Å². The summed E-state index contributed by atoms with van der Waals surface area (Å²) in [4.78, 5) is 106. The van der Waals surface area contributed by atoms with Crippen molar-refractivity contribution in [1.29, 1.82) is 0 Å². The van der Waals surface area contributed by atoms with E-state index in [1.54, 1.807) is 39.5 Å². The first-order chi connectivity index (χ1) is 22.6. The molecule has 0 aromatic heterocycles. The Morgan fingerprint density at radius 3 is 2.19 bits per heavy atom. The lowest BCUT2D eigenvalue weighted by atomic mass is 10.0. The monoisotopic (exact) mass is 669 g/mol. The van der Waals surface area contributed by atoms with Gasteiger partial charge in [0.15, 0.2) is 0 Å². The van der Waals surface area contributed by atoms with Crippen molar-refractivity contribution in [3.8, 4) is 0 Å². The van der Waals surface area contributed by atoms with Gasteiger partial charge in [0.25, 0.3) is 11.8 Å². The van der Waals surface area contributed by atoms with Crippen molar-refractivity contribution in [2.75, 3.05) is 19.6 Å². The van der Waals surface area contributed by atoms with Gasteiger partial charge in [-0.1, -0.05) is 65.3 Å². The van der Waals surface area contributed by atoms with Crippen LogP contribution in [0, 0.1) is 11.8 Å². The van der Waals surface area contributed by atoms with Crippen LogP contribution in [0.1, 0.15) is 71.9 Å². The maximum absolute atomic E-state index is 14.0. The third-order valence-electron chi connectivity index (χ3n) is 8.40. The highest BCUT2D eigenvalue weighted by molar-refractivity contribution is 6.38. The Balaban J connectivity index is 1.84. The molecule has 1 saturated heterocycles. The molecule has 0 bridgehead atoms. The third-order valence-corrected chi connectivity index (χ3v) is 8.40. The van der Waals surface area contributed by atoms with Crippen molar-refractivity contribution in [1.82, 2.24) is 25.8 Å². The van der Waals surface area contributed by atoms with Gasteiger partial charge in [-0.15, -0.1) is 0 Å². The summed E-state index contributed by atoms with van der Waals surface area (Å²) in [5.74, 6) is -6.50. The van der Waals surface area contributed by atoms with Gasteiger partial charge in [-0.05, 0) is 36.8 Å². The standard InChI is InChI=1S/C34H47N5O9/c1-7-10-25(29(42)31(44)35-16-21(6)40)36-30(43)26-15-24(48-34(47)38-14-13-22-11-8-9-12-23(22)17-38)18-39(26)33(46)27(19(2)3)37-32(45)28(41)20(4)5/h8-9,11-12,19-20,24-27H,7,10,13-18H2,1-6H3,(H,35,44)(H,36,43)(H,37,45)/t24-,25?,26+,27+/m1/s1. The lowest BCUT2D eigenvalue weighted by molar-refractivity contribution is -0.146. The zero-order valence-corrected chi connectivity index (χ0v) is 28.5. The molecule has 262 valence electrons. The molecule has 2 aliphatic rings. The molecule has 0 spiro atoms. The van der Waals surface area contributed by atoms with Crippen LogP contribution in [0.15, 0.2) is 24.3 Å². The lowest BCUT2D eigenvalue weighted by Crippen LogP contribution is -2.58. The van der Waals surface area contributed by atoms with Gasteiger partial charge in [0.2, 0.25) is 23.4 Å². The molecule has 5 amide bonds. The maximum Gasteiger partial charge on any atom is 0.410 e. The Kier molecular flexibility index (Phi) is 13.4. The Morgan fingerprint density at radius 2 is 1.58 bits per heavy atom. The van der Waals surface area contributed by atoms with E-state index >= 15 is 0 Å². The minimum Gasteiger partial charge on any atom is -0.444 e. The number of hydrogen-bond donors (Lipinski definition) is 3. The Hall–Kier alpha value is -4.62. The van der Waals surface area contributed by atoms with Crippen molar-refractivity contribution in [3.05, 3.63) is 35.4 Å². The lowest BCUT2D eigenvalue weighted by Gasteiger charge is -2.31. The van der Waals surface area contributed by atoms with E-state index in [-0.39, 0.29) is 31.7 Å². The molecular weight excluding hydrogens is 622 g/mol. The first-order valence-corrected chi connectivity index (χ1v) is 16.4. The molecule has 48 heavy (non-hydrogen) atoms. The average Bonchev–Trinajstić information content (AvgIpc) is 3.48. The molecular formula is C34H47N5O9. The van der Waals surface area contributed by atoms with E-state index in [1.807, 2.05) is 24.3 Å². The van der Waals surface area contributed by atoms with Crippen LogP contribution in [0.4, 0.5) is 4.79 Å². The molecule has 1 unspecified atom stereocenters. The first kappa shape index (κ1) is 37.8. The molecule has 0 radical (unpaired) electrons. The van der Waals surface area contributed by atoms with E-state index in [1.165, 1.54) is 11.8 Å². The Bertz CT molecular complexity index is 1430. The van der Waals surface area contributed by atoms with Crippen LogP contribution in [-0.4, -0.2) is 101 Å². The van der Waals surface area contributed by atoms with Crippen LogP contribution in [0.2, 0.25) is 0 Å². The van der Waals surface area contributed by atoms with E-state index in [0.29, 0.717) is 25.9 Å². The van der Waals surface area contributed by atoms with Gasteiger partial charge in [-0.2, -0.15) is 0 Å². The number of nitrogens with zero attached hydrogens (tertiary/aromatic N) is 2. The third kappa shape index (κ3) is 9.71. The van der Waals surface area contributed by atoms with Crippen LogP contribution in [0.5, 0.6) is 0 Å². The molecule has 2 aliphatic heterocycles. The van der Waals surface area contributed by atoms with Crippen LogP contribution in [0.25, 0.3) is 0 Å². The predicted octanol–water partition coefficient (Wildman–Crippen LogP) is 1.08. The number of carbonyl (C=O) groups excluding carboxylic acids is 8. The number of ether oxygens (including phenoxy) is 1. The SMILES string of the molecule is CCCC(NC(=O)[C@@H]1C[C@@H](OC(=O)N2CCc3ccccc3C2)CN1C(=O)[C@@H](NC(=O)C(=O)C(C)C)C(C)C)C(=O)C(=O)NCC(C)=O. The summed E-state index contributed by atoms with van der Waals surface area (Å²) < 4.78 is 5.82. The van der Waals surface area contributed by atoms with E-state index in [0.717, 1.165) is 11.1 Å². The summed E-state index contributed by atoms with van der Waals surface area (Å²) in [7, 11) is 0. The fourth-order valence-electron chi connectivity index (χ4n) is 5.69. The highest BCUT2D eigenvalue weighted by Crippen LogP contribution is 2.26. The highest BCUT2D eigenvalue weighted by Gasteiger charge is 2.45. The van der Waals surface area contributed by atoms with Gasteiger partial charge in [0, 0.05) is 25.4 Å². The highest BCUT2D eigenvalue weighted by atomic mass is 16.6. The maximum atomic E-state index is 14.0. The summed E-state index contributed by atoms with van der Waals surface area (Å²) >= 11 is 0. The molecule has 0 saturated carbocycles. The minimum absolute atomic E-state index is 0.107. The van der Waals surface area contributed by atoms with Crippen LogP contribution < -0.4 is 16.0 Å². The van der Waals surface area contributed by atoms with E-state index < -0.39 is 77.4 Å². The quantitative estimate of drug-likeness (QED) is 0.244. The number of fused-ring (bicyclic) bond motifs is 1. The molecule has 4 atom stereocenters. The van der Waals surface area contributed by atoms with Crippen molar-refractivity contribution in [3.63, 3.8) is 0 Å². The van der Waals surface area contributed by atoms with Gasteiger partial charge in [-0.3, -0.25) is 33.6 Å². The molecule has 14 heteroatoms. The van der Waals surface area contributed by atoms with Gasteiger partial charge in [0.1, 0.15) is 24.0 Å². The zero-order valence-electron chi connectivity index (χ0n) is 28.5. The molecule has 1 aromatic rings. The number of ketones is 3. The summed E-state index contributed by atoms with van der Waals surface area (Å²) in [6.45, 7) is 9.71. The molecule has 1 fully saturated rings. The number of hydrogen-bond acceptors (Lipinski definition) is 9. The predicted molar refractivity (Wildman–Crippen MR) is 173 cm³/mol. The molecule has 14 nitrogen and oxygen atoms in total. The number of likely N-dealkylation sites (tertiary alicyclic amines) is 1. The smallest absolute Gasteiger partial charge is 0.410 e. The Labute approximate surface area is 280 Å². The van der Waals surface area contributed by atoms with E-state index in [9.17, 15) is 38.4 Å². The number of benzene rings is 1. The van der Waals surface area contributed by atoms with E-state index in [2.05, 4.69) is 16.0 Å². The summed E-state index contributed by atoms with van der Waals surface area (Å²) in [5.41, 5.74) is 2.13. The number of Topliss-reactive ketones (excluding diaryl/α,β-unsaturated/α-hetero) is 3. The fraction of sp³-hybridized carbons (Fsp3) is 0.588. The zero-order chi connectivity index (χ0) is 35.7. The summed E-state index contributed by atoms with van der Waals surface area (Å²) in [6, 6.07) is 4.10. The number of amides is 5. The normalized spacial score (nSPS) is 18.4. The topological polar surface area (TPSA) is 188 Å².